The average Bonchev–Trinajstić information content (AvgIpc) is 2.37. The molecule has 0 saturated heterocycles. The van der Waals surface area contributed by atoms with Crippen molar-refractivity contribution in [2.24, 2.45) is 10.9 Å². The van der Waals surface area contributed by atoms with Gasteiger partial charge in [0.1, 0.15) is 5.75 Å². The number of nitrogens with two attached hydrogens (primary N) is 1. The second kappa shape index (κ2) is 5.53. The lowest BCUT2D eigenvalue weighted by molar-refractivity contribution is -0.118. The summed E-state index contributed by atoms with van der Waals surface area (Å²) in [4.78, 5) is 10.6. The van der Waals surface area contributed by atoms with Crippen molar-refractivity contribution in [2.75, 3.05) is 6.61 Å². The fourth-order valence-corrected chi connectivity index (χ4v) is 2.09. The molecule has 0 spiro atoms. The molecule has 2 rings (SSSR count). The third-order valence-corrected chi connectivity index (χ3v) is 2.99. The number of aryl methyl sites for hydroxylation is 1. The third kappa shape index (κ3) is 2.80. The maximum atomic E-state index is 10.6. The number of hydrogen-bond acceptors (Lipinski definition) is 4. The summed E-state index contributed by atoms with van der Waals surface area (Å²) in [6, 6.07) is 5.68. The van der Waals surface area contributed by atoms with Gasteiger partial charge in [-0.05, 0) is 37.0 Å². The molecule has 5 heteroatoms. The Balaban J connectivity index is 2.12. The predicted molar refractivity (Wildman–Crippen MR) is 67.0 cm³/mol. The van der Waals surface area contributed by atoms with Gasteiger partial charge in [0.2, 0.25) is 5.91 Å². The zero-order valence-electron chi connectivity index (χ0n) is 10.1. The summed E-state index contributed by atoms with van der Waals surface area (Å²) in [5.74, 6) is 0.281. The highest BCUT2D eigenvalue weighted by Gasteiger charge is 2.16. The van der Waals surface area contributed by atoms with Crippen molar-refractivity contribution < 1.29 is 14.7 Å². The summed E-state index contributed by atoms with van der Waals surface area (Å²) < 4.78 is 5.44. The Morgan fingerprint density at radius 3 is 3.00 bits per heavy atom. The highest BCUT2D eigenvalue weighted by molar-refractivity contribution is 6.02. The van der Waals surface area contributed by atoms with Gasteiger partial charge in [0, 0.05) is 5.56 Å². The standard InChI is InChI=1S/C13H16N2O3/c14-13(16)6-7-18-10-5-4-9-2-1-3-12(15-17)11(9)8-10/h4-5,8,17H,1-3,6-7H2,(H2,14,16)/b15-12-. The van der Waals surface area contributed by atoms with Gasteiger partial charge in [0.05, 0.1) is 18.7 Å². The predicted octanol–water partition coefficient (Wildman–Crippen LogP) is 1.46. The van der Waals surface area contributed by atoms with Gasteiger partial charge in [-0.3, -0.25) is 4.79 Å². The van der Waals surface area contributed by atoms with Gasteiger partial charge in [0.25, 0.3) is 0 Å². The Hall–Kier alpha value is -2.04. The summed E-state index contributed by atoms with van der Waals surface area (Å²) >= 11 is 0. The van der Waals surface area contributed by atoms with E-state index in [0.29, 0.717) is 11.5 Å². The molecule has 96 valence electrons. The lowest BCUT2D eigenvalue weighted by Gasteiger charge is -2.17. The molecule has 3 N–H and O–H groups in total. The van der Waals surface area contributed by atoms with Gasteiger partial charge in [-0.2, -0.15) is 0 Å². The lowest BCUT2D eigenvalue weighted by atomic mass is 9.90. The topological polar surface area (TPSA) is 84.9 Å². The second-order valence-corrected chi connectivity index (χ2v) is 4.28. The molecule has 0 fully saturated rings. The summed E-state index contributed by atoms with van der Waals surface area (Å²) in [7, 11) is 0. The first-order valence-electron chi connectivity index (χ1n) is 5.96. The molecule has 0 aliphatic heterocycles. The number of primary amides is 1. The van der Waals surface area contributed by atoms with Gasteiger partial charge in [-0.15, -0.1) is 0 Å². The normalized spacial score (nSPS) is 16.3. The number of fused-ring (bicyclic) bond motifs is 1. The van der Waals surface area contributed by atoms with Crippen LogP contribution in [0.5, 0.6) is 5.75 Å². The molecule has 0 saturated carbocycles. The number of rotatable bonds is 4. The number of nitrogens with zero attached hydrogens (tertiary/aromatic N) is 1. The molecule has 1 aromatic carbocycles. The van der Waals surface area contributed by atoms with Crippen LogP contribution in [0.25, 0.3) is 0 Å². The molecule has 18 heavy (non-hydrogen) atoms. The molecule has 5 nitrogen and oxygen atoms in total. The van der Waals surface area contributed by atoms with E-state index >= 15 is 0 Å². The Labute approximate surface area is 105 Å². The van der Waals surface area contributed by atoms with Crippen LogP contribution in [0.2, 0.25) is 0 Å². The molecule has 0 unspecified atom stereocenters. The first-order valence-corrected chi connectivity index (χ1v) is 5.96. The Morgan fingerprint density at radius 2 is 2.28 bits per heavy atom. The van der Waals surface area contributed by atoms with Crippen LogP contribution in [0.3, 0.4) is 0 Å². The van der Waals surface area contributed by atoms with E-state index in [2.05, 4.69) is 5.16 Å². The van der Waals surface area contributed by atoms with E-state index in [0.717, 1.165) is 30.4 Å². The van der Waals surface area contributed by atoms with Crippen LogP contribution in [0.15, 0.2) is 23.4 Å². The molecule has 0 bridgehead atoms. The molecule has 0 heterocycles. The number of benzene rings is 1. The van der Waals surface area contributed by atoms with E-state index in [1.807, 2.05) is 18.2 Å². The van der Waals surface area contributed by atoms with Gasteiger partial charge < -0.3 is 15.7 Å². The minimum Gasteiger partial charge on any atom is -0.493 e. The van der Waals surface area contributed by atoms with Crippen molar-refractivity contribution in [1.29, 1.82) is 0 Å². The summed E-state index contributed by atoms with van der Waals surface area (Å²) in [6.07, 6.45) is 2.94. The third-order valence-electron chi connectivity index (χ3n) is 2.99. The first kappa shape index (κ1) is 12.4. The van der Waals surface area contributed by atoms with Crippen LogP contribution in [-0.2, 0) is 11.2 Å². The van der Waals surface area contributed by atoms with Crippen LogP contribution >= 0.6 is 0 Å². The van der Waals surface area contributed by atoms with E-state index in [9.17, 15) is 4.79 Å². The van der Waals surface area contributed by atoms with Crippen LogP contribution in [0.1, 0.15) is 30.4 Å². The Kier molecular flexibility index (Phi) is 3.82. The summed E-state index contributed by atoms with van der Waals surface area (Å²) in [5.41, 5.74) is 7.83. The number of amides is 1. The highest BCUT2D eigenvalue weighted by Crippen LogP contribution is 2.26. The zero-order valence-corrected chi connectivity index (χ0v) is 10.1. The Morgan fingerprint density at radius 1 is 1.44 bits per heavy atom. The van der Waals surface area contributed by atoms with Crippen molar-refractivity contribution in [2.45, 2.75) is 25.7 Å². The van der Waals surface area contributed by atoms with Crippen LogP contribution < -0.4 is 10.5 Å². The van der Waals surface area contributed by atoms with Gasteiger partial charge in [-0.25, -0.2) is 0 Å². The Bertz CT molecular complexity index is 483. The van der Waals surface area contributed by atoms with Crippen molar-refractivity contribution in [3.8, 4) is 5.75 Å². The van der Waals surface area contributed by atoms with E-state index in [-0.39, 0.29) is 18.9 Å². The molecule has 0 radical (unpaired) electrons. The molecular formula is C13H16N2O3. The number of oxime groups is 1. The van der Waals surface area contributed by atoms with Crippen LogP contribution in [-0.4, -0.2) is 23.4 Å². The van der Waals surface area contributed by atoms with Crippen molar-refractivity contribution in [1.82, 2.24) is 0 Å². The number of carbonyl (C=O) groups excluding carboxylic acids is 1. The van der Waals surface area contributed by atoms with E-state index in [1.165, 1.54) is 0 Å². The maximum Gasteiger partial charge on any atom is 0.220 e. The van der Waals surface area contributed by atoms with Crippen molar-refractivity contribution in [3.05, 3.63) is 29.3 Å². The number of hydrogen-bond donors (Lipinski definition) is 2. The average molecular weight is 248 g/mol. The van der Waals surface area contributed by atoms with E-state index in [1.54, 1.807) is 0 Å². The molecule has 1 amide bonds. The SMILES string of the molecule is NC(=O)CCOc1ccc2c(c1)/C(=N\O)CCC2. The smallest absolute Gasteiger partial charge is 0.220 e. The molecule has 1 aromatic rings. The second-order valence-electron chi connectivity index (χ2n) is 4.28. The summed E-state index contributed by atoms with van der Waals surface area (Å²) in [5, 5.41) is 12.3. The van der Waals surface area contributed by atoms with Gasteiger partial charge >= 0.3 is 0 Å². The van der Waals surface area contributed by atoms with Crippen LogP contribution in [0, 0.1) is 0 Å². The van der Waals surface area contributed by atoms with E-state index < -0.39 is 0 Å². The number of ether oxygens (including phenoxy) is 1. The van der Waals surface area contributed by atoms with Crippen molar-refractivity contribution >= 4 is 11.6 Å². The van der Waals surface area contributed by atoms with Gasteiger partial charge in [-0.1, -0.05) is 11.2 Å². The van der Waals surface area contributed by atoms with E-state index in [4.69, 9.17) is 15.7 Å². The van der Waals surface area contributed by atoms with Crippen molar-refractivity contribution in [3.63, 3.8) is 0 Å². The van der Waals surface area contributed by atoms with Gasteiger partial charge in [0.15, 0.2) is 0 Å². The monoisotopic (exact) mass is 248 g/mol. The molecule has 1 aliphatic carbocycles. The van der Waals surface area contributed by atoms with Crippen LogP contribution in [0.4, 0.5) is 0 Å². The fraction of sp³-hybridized carbons (Fsp3) is 0.385. The molecule has 0 atom stereocenters. The first-order chi connectivity index (χ1) is 8.70. The quantitative estimate of drug-likeness (QED) is 0.624. The fourth-order valence-electron chi connectivity index (χ4n) is 2.09. The zero-order chi connectivity index (χ0) is 13.0. The molecule has 1 aliphatic rings. The highest BCUT2D eigenvalue weighted by atomic mass is 16.5. The lowest BCUT2D eigenvalue weighted by Crippen LogP contribution is -2.15. The minimum absolute atomic E-state index is 0.192. The molecular weight excluding hydrogens is 232 g/mol. The largest absolute Gasteiger partial charge is 0.493 e. The molecule has 0 aromatic heterocycles. The number of carbonyl (C=O) groups is 1. The maximum absolute atomic E-state index is 10.6. The minimum atomic E-state index is -0.384. The summed E-state index contributed by atoms with van der Waals surface area (Å²) in [6.45, 7) is 0.264.